The zero-order valence-corrected chi connectivity index (χ0v) is 16.7. The maximum Gasteiger partial charge on any atom is 0.149 e. The molecule has 0 radical (unpaired) electrons. The smallest absolute Gasteiger partial charge is 0.149 e. The van der Waals surface area contributed by atoms with Gasteiger partial charge in [-0.1, -0.05) is 0 Å². The summed E-state index contributed by atoms with van der Waals surface area (Å²) in [6.07, 6.45) is 8.55. The number of hydrogen-bond acceptors (Lipinski definition) is 7. The molecule has 0 aliphatic carbocycles. The van der Waals surface area contributed by atoms with Gasteiger partial charge in [0.15, 0.2) is 0 Å². The van der Waals surface area contributed by atoms with E-state index in [0.29, 0.717) is 5.92 Å². The number of piperidine rings is 1. The Hall–Kier alpha value is -2.22. The summed E-state index contributed by atoms with van der Waals surface area (Å²) in [6, 6.07) is 0. The van der Waals surface area contributed by atoms with Crippen LogP contribution >= 0.6 is 0 Å². The number of rotatable bonds is 5. The molecule has 4 rings (SSSR count). The summed E-state index contributed by atoms with van der Waals surface area (Å²) in [5.41, 5.74) is 0. The van der Waals surface area contributed by atoms with Crippen molar-refractivity contribution in [2.75, 3.05) is 50.1 Å². The summed E-state index contributed by atoms with van der Waals surface area (Å²) in [5.74, 6) is 4.41. The van der Waals surface area contributed by atoms with E-state index in [4.69, 9.17) is 4.98 Å². The molecule has 2 aromatic heterocycles. The van der Waals surface area contributed by atoms with Gasteiger partial charge in [0, 0.05) is 40.2 Å². The van der Waals surface area contributed by atoms with Crippen LogP contribution in [0.3, 0.4) is 0 Å². The van der Waals surface area contributed by atoms with Crippen LogP contribution in [0, 0.1) is 0 Å². The Balaban J connectivity index is 1.48. The fourth-order valence-corrected chi connectivity index (χ4v) is 4.12. The maximum absolute atomic E-state index is 4.76. The molecular formula is C19H30N8. The summed E-state index contributed by atoms with van der Waals surface area (Å²) < 4.78 is 2.22. The van der Waals surface area contributed by atoms with Crippen molar-refractivity contribution in [1.82, 2.24) is 29.6 Å². The number of anilines is 2. The van der Waals surface area contributed by atoms with Gasteiger partial charge in [0.05, 0.1) is 18.9 Å². The number of nitrogens with zero attached hydrogens (tertiary/aromatic N) is 8. The quantitative estimate of drug-likeness (QED) is 0.793. The van der Waals surface area contributed by atoms with Crippen LogP contribution in [0.1, 0.15) is 43.3 Å². The highest BCUT2D eigenvalue weighted by atomic mass is 15.3. The van der Waals surface area contributed by atoms with Crippen LogP contribution in [0.2, 0.25) is 0 Å². The van der Waals surface area contributed by atoms with E-state index in [1.54, 1.807) is 6.20 Å². The van der Waals surface area contributed by atoms with E-state index < -0.39 is 0 Å². The summed E-state index contributed by atoms with van der Waals surface area (Å²) in [4.78, 5) is 15.9. The lowest BCUT2D eigenvalue weighted by molar-refractivity contribution is 0.317. The van der Waals surface area contributed by atoms with Gasteiger partial charge in [-0.15, -0.1) is 10.2 Å². The third-order valence-corrected chi connectivity index (χ3v) is 5.74. The molecule has 0 unspecified atom stereocenters. The average Bonchev–Trinajstić information content (AvgIpc) is 3.33. The molecule has 2 aromatic rings. The molecule has 2 saturated heterocycles. The normalized spacial score (nSPS) is 21.0. The molecule has 0 saturated carbocycles. The highest BCUT2D eigenvalue weighted by Gasteiger charge is 2.27. The maximum atomic E-state index is 4.76. The Labute approximate surface area is 161 Å². The average molecular weight is 371 g/mol. The lowest BCUT2D eigenvalue weighted by Crippen LogP contribution is -2.36. The first-order valence-electron chi connectivity index (χ1n) is 9.96. The highest BCUT2D eigenvalue weighted by Crippen LogP contribution is 2.29. The molecule has 0 amide bonds. The van der Waals surface area contributed by atoms with E-state index in [9.17, 15) is 0 Å². The van der Waals surface area contributed by atoms with Gasteiger partial charge in [0.2, 0.25) is 0 Å². The Bertz CT molecular complexity index is 765. The molecular weight excluding hydrogens is 340 g/mol. The summed E-state index contributed by atoms with van der Waals surface area (Å²) in [6.45, 7) is 5.21. The van der Waals surface area contributed by atoms with E-state index in [1.807, 2.05) is 25.2 Å². The van der Waals surface area contributed by atoms with Gasteiger partial charge in [-0.3, -0.25) is 9.88 Å². The van der Waals surface area contributed by atoms with Gasteiger partial charge >= 0.3 is 0 Å². The molecule has 0 N–H and O–H groups in total. The second-order valence-electron chi connectivity index (χ2n) is 7.93. The molecule has 0 spiro atoms. The number of likely N-dealkylation sites (tertiary alicyclic amines) is 1. The largest absolute Gasteiger partial charge is 0.361 e. The zero-order chi connectivity index (χ0) is 18.8. The van der Waals surface area contributed by atoms with Crippen LogP contribution in [-0.2, 0) is 13.6 Å². The third-order valence-electron chi connectivity index (χ3n) is 5.74. The van der Waals surface area contributed by atoms with Gasteiger partial charge in [-0.2, -0.15) is 0 Å². The lowest BCUT2D eigenvalue weighted by atomic mass is 9.97. The molecule has 4 heterocycles. The SMILES string of the molecule is CN(C)c1cncc(N2CCC[C@@H](c3nnc(CN4CCCC4)n3C)C2)n1. The van der Waals surface area contributed by atoms with Crippen molar-refractivity contribution in [2.24, 2.45) is 7.05 Å². The van der Waals surface area contributed by atoms with Gasteiger partial charge in [-0.05, 0) is 38.8 Å². The van der Waals surface area contributed by atoms with Crippen LogP contribution in [0.15, 0.2) is 12.4 Å². The van der Waals surface area contributed by atoms with Crippen molar-refractivity contribution in [3.63, 3.8) is 0 Å². The topological polar surface area (TPSA) is 66.2 Å². The molecule has 27 heavy (non-hydrogen) atoms. The fraction of sp³-hybridized carbons (Fsp3) is 0.684. The van der Waals surface area contributed by atoms with Crippen LogP contribution in [0.25, 0.3) is 0 Å². The van der Waals surface area contributed by atoms with Gasteiger partial charge in [0.25, 0.3) is 0 Å². The monoisotopic (exact) mass is 370 g/mol. The summed E-state index contributed by atoms with van der Waals surface area (Å²) in [7, 11) is 6.11. The van der Waals surface area contributed by atoms with E-state index in [-0.39, 0.29) is 0 Å². The lowest BCUT2D eigenvalue weighted by Gasteiger charge is -2.33. The van der Waals surface area contributed by atoms with Crippen LogP contribution in [-0.4, -0.2) is 69.9 Å². The number of aromatic nitrogens is 5. The highest BCUT2D eigenvalue weighted by molar-refractivity contribution is 5.45. The first-order chi connectivity index (χ1) is 13.1. The van der Waals surface area contributed by atoms with Crippen molar-refractivity contribution < 1.29 is 0 Å². The zero-order valence-electron chi connectivity index (χ0n) is 16.7. The van der Waals surface area contributed by atoms with Crippen molar-refractivity contribution in [3.8, 4) is 0 Å². The van der Waals surface area contributed by atoms with E-state index >= 15 is 0 Å². The van der Waals surface area contributed by atoms with Crippen molar-refractivity contribution >= 4 is 11.6 Å². The molecule has 8 nitrogen and oxygen atoms in total. The van der Waals surface area contributed by atoms with Crippen molar-refractivity contribution in [2.45, 2.75) is 38.1 Å². The first kappa shape index (κ1) is 18.2. The molecule has 2 aliphatic heterocycles. The Morgan fingerprint density at radius 3 is 2.67 bits per heavy atom. The molecule has 2 aliphatic rings. The van der Waals surface area contributed by atoms with Crippen LogP contribution in [0.5, 0.6) is 0 Å². The molecule has 0 bridgehead atoms. The van der Waals surface area contributed by atoms with Gasteiger partial charge < -0.3 is 14.4 Å². The predicted octanol–water partition coefficient (Wildman–Crippen LogP) is 1.65. The standard InChI is InChI=1S/C19H30N8/c1-24(2)16-11-20-12-17(21-16)27-10-6-7-15(13-27)19-23-22-18(25(19)3)14-26-8-4-5-9-26/h11-12,15H,4-10,13-14H2,1-3H3/t15-/m1/s1. The Kier molecular flexibility index (Phi) is 5.24. The van der Waals surface area contributed by atoms with Gasteiger partial charge in [0.1, 0.15) is 23.3 Å². The van der Waals surface area contributed by atoms with Gasteiger partial charge in [-0.25, -0.2) is 4.98 Å². The van der Waals surface area contributed by atoms with E-state index in [1.165, 1.54) is 25.9 Å². The van der Waals surface area contributed by atoms with Crippen LogP contribution in [0.4, 0.5) is 11.6 Å². The van der Waals surface area contributed by atoms with Crippen molar-refractivity contribution in [3.05, 3.63) is 24.0 Å². The number of hydrogen-bond donors (Lipinski definition) is 0. The Morgan fingerprint density at radius 1 is 1.07 bits per heavy atom. The van der Waals surface area contributed by atoms with E-state index in [0.717, 1.165) is 55.8 Å². The molecule has 2 fully saturated rings. The molecule has 1 atom stereocenters. The fourth-order valence-electron chi connectivity index (χ4n) is 4.12. The summed E-state index contributed by atoms with van der Waals surface area (Å²) in [5, 5.41) is 9.08. The predicted molar refractivity (Wildman–Crippen MR) is 106 cm³/mol. The minimum atomic E-state index is 0.383. The second kappa shape index (κ2) is 7.80. The van der Waals surface area contributed by atoms with Crippen molar-refractivity contribution in [1.29, 1.82) is 0 Å². The van der Waals surface area contributed by atoms with E-state index in [2.05, 4.69) is 36.6 Å². The first-order valence-corrected chi connectivity index (χ1v) is 9.96. The minimum Gasteiger partial charge on any atom is -0.361 e. The van der Waals surface area contributed by atoms with Crippen LogP contribution < -0.4 is 9.80 Å². The minimum absolute atomic E-state index is 0.383. The molecule has 146 valence electrons. The molecule has 0 aromatic carbocycles. The Morgan fingerprint density at radius 2 is 1.89 bits per heavy atom. The third kappa shape index (κ3) is 3.90. The second-order valence-corrected chi connectivity index (χ2v) is 7.93. The summed E-state index contributed by atoms with van der Waals surface area (Å²) >= 11 is 0. The molecule has 8 heteroatoms.